The van der Waals surface area contributed by atoms with E-state index in [1.54, 1.807) is 12.3 Å². The van der Waals surface area contributed by atoms with E-state index in [-0.39, 0.29) is 0 Å². The van der Waals surface area contributed by atoms with Crippen LogP contribution >= 0.6 is 0 Å². The van der Waals surface area contributed by atoms with Gasteiger partial charge >= 0.3 is 6.03 Å². The standard InChI is InChI=1S/C5H8N4O/c6-5(10)7-3-4-1-2-8-9-4/h1-2H,3H2,(H,8,9)(H3,6,7,10). The zero-order valence-corrected chi connectivity index (χ0v) is 5.29. The highest BCUT2D eigenvalue weighted by Gasteiger charge is 1.93. The molecule has 2 amide bonds. The Morgan fingerprint density at radius 1 is 1.90 bits per heavy atom. The lowest BCUT2D eigenvalue weighted by Crippen LogP contribution is -2.28. The first-order valence-electron chi connectivity index (χ1n) is 2.80. The molecule has 0 aliphatic rings. The number of nitrogens with one attached hydrogen (secondary N) is 2. The first-order chi connectivity index (χ1) is 4.79. The monoisotopic (exact) mass is 140 g/mol. The molecule has 10 heavy (non-hydrogen) atoms. The largest absolute Gasteiger partial charge is 0.352 e. The Balaban J connectivity index is 2.35. The summed E-state index contributed by atoms with van der Waals surface area (Å²) in [5.41, 5.74) is 5.66. The van der Waals surface area contributed by atoms with Gasteiger partial charge in [0, 0.05) is 6.20 Å². The van der Waals surface area contributed by atoms with Crippen molar-refractivity contribution in [2.45, 2.75) is 6.54 Å². The minimum Gasteiger partial charge on any atom is -0.352 e. The summed E-state index contributed by atoms with van der Waals surface area (Å²) in [6, 6.07) is 1.23. The zero-order chi connectivity index (χ0) is 7.40. The van der Waals surface area contributed by atoms with Crippen LogP contribution in [0, 0.1) is 0 Å². The predicted octanol–water partition coefficient (Wildman–Crippen LogP) is -0.422. The van der Waals surface area contributed by atoms with Gasteiger partial charge in [-0.05, 0) is 6.07 Å². The molecule has 0 spiro atoms. The Morgan fingerprint density at radius 3 is 3.20 bits per heavy atom. The molecule has 1 heterocycles. The summed E-state index contributed by atoms with van der Waals surface area (Å²) in [4.78, 5) is 10.2. The van der Waals surface area contributed by atoms with E-state index in [0.717, 1.165) is 5.69 Å². The number of rotatable bonds is 2. The van der Waals surface area contributed by atoms with Crippen LogP contribution in [0.15, 0.2) is 12.3 Å². The van der Waals surface area contributed by atoms with Crippen molar-refractivity contribution in [1.29, 1.82) is 0 Å². The van der Waals surface area contributed by atoms with Gasteiger partial charge in [0.2, 0.25) is 0 Å². The molecule has 0 aliphatic carbocycles. The third-order valence-corrected chi connectivity index (χ3v) is 1.01. The molecule has 0 fully saturated rings. The minimum atomic E-state index is -0.533. The van der Waals surface area contributed by atoms with Crippen LogP contribution in [-0.2, 0) is 6.54 Å². The number of hydrogen-bond acceptors (Lipinski definition) is 2. The van der Waals surface area contributed by atoms with Crippen molar-refractivity contribution in [3.8, 4) is 0 Å². The number of hydrogen-bond donors (Lipinski definition) is 3. The van der Waals surface area contributed by atoms with Gasteiger partial charge < -0.3 is 11.1 Å². The third kappa shape index (κ3) is 1.77. The van der Waals surface area contributed by atoms with E-state index in [1.807, 2.05) is 0 Å². The third-order valence-electron chi connectivity index (χ3n) is 1.01. The molecule has 0 aliphatic heterocycles. The molecular formula is C5H8N4O. The van der Waals surface area contributed by atoms with E-state index in [2.05, 4.69) is 15.5 Å². The first-order valence-corrected chi connectivity index (χ1v) is 2.80. The number of nitrogens with two attached hydrogens (primary N) is 1. The van der Waals surface area contributed by atoms with Crippen LogP contribution in [0.3, 0.4) is 0 Å². The molecule has 0 saturated carbocycles. The maximum atomic E-state index is 10.2. The number of carbonyl (C=O) groups is 1. The van der Waals surface area contributed by atoms with Crippen LogP contribution in [0.5, 0.6) is 0 Å². The number of primary amides is 1. The molecule has 0 unspecified atom stereocenters. The first kappa shape index (κ1) is 6.60. The van der Waals surface area contributed by atoms with Gasteiger partial charge in [0.15, 0.2) is 0 Å². The lowest BCUT2D eigenvalue weighted by Gasteiger charge is -1.95. The number of amides is 2. The topological polar surface area (TPSA) is 83.8 Å². The minimum absolute atomic E-state index is 0.398. The van der Waals surface area contributed by atoms with Crippen LogP contribution in [0.4, 0.5) is 4.79 Å². The van der Waals surface area contributed by atoms with Crippen molar-refractivity contribution in [1.82, 2.24) is 15.5 Å². The van der Waals surface area contributed by atoms with Crippen molar-refractivity contribution in [3.63, 3.8) is 0 Å². The number of H-pyrrole nitrogens is 1. The molecule has 1 aromatic heterocycles. The van der Waals surface area contributed by atoms with E-state index in [9.17, 15) is 4.79 Å². The summed E-state index contributed by atoms with van der Waals surface area (Å²) in [6.45, 7) is 0.398. The molecule has 1 rings (SSSR count). The Hall–Kier alpha value is -1.52. The smallest absolute Gasteiger partial charge is 0.312 e. The highest BCUT2D eigenvalue weighted by atomic mass is 16.2. The van der Waals surface area contributed by atoms with Crippen LogP contribution in [0.25, 0.3) is 0 Å². The average Bonchev–Trinajstić information content (AvgIpc) is 2.34. The maximum absolute atomic E-state index is 10.2. The van der Waals surface area contributed by atoms with Gasteiger partial charge in [-0.1, -0.05) is 0 Å². The second-order valence-electron chi connectivity index (χ2n) is 1.80. The van der Waals surface area contributed by atoms with Crippen molar-refractivity contribution >= 4 is 6.03 Å². The van der Waals surface area contributed by atoms with E-state index >= 15 is 0 Å². The number of carbonyl (C=O) groups excluding carboxylic acids is 1. The van der Waals surface area contributed by atoms with Crippen LogP contribution in [0.1, 0.15) is 5.69 Å². The van der Waals surface area contributed by atoms with Crippen LogP contribution in [0.2, 0.25) is 0 Å². The zero-order valence-electron chi connectivity index (χ0n) is 5.29. The maximum Gasteiger partial charge on any atom is 0.312 e. The second-order valence-corrected chi connectivity index (χ2v) is 1.80. The van der Waals surface area contributed by atoms with Crippen LogP contribution < -0.4 is 11.1 Å². The molecular weight excluding hydrogens is 132 g/mol. The van der Waals surface area contributed by atoms with Gasteiger partial charge in [0.05, 0.1) is 12.2 Å². The molecule has 4 N–H and O–H groups in total. The summed E-state index contributed by atoms with van der Waals surface area (Å²) >= 11 is 0. The number of aromatic nitrogens is 2. The van der Waals surface area contributed by atoms with Crippen molar-refractivity contribution in [3.05, 3.63) is 18.0 Å². The molecule has 0 saturated heterocycles. The van der Waals surface area contributed by atoms with Gasteiger partial charge in [-0.2, -0.15) is 5.10 Å². The average molecular weight is 140 g/mol. The summed E-state index contributed by atoms with van der Waals surface area (Å²) in [5.74, 6) is 0. The van der Waals surface area contributed by atoms with Crippen LogP contribution in [-0.4, -0.2) is 16.2 Å². The van der Waals surface area contributed by atoms with Gasteiger partial charge in [-0.25, -0.2) is 4.79 Å². The molecule has 5 heteroatoms. The highest BCUT2D eigenvalue weighted by molar-refractivity contribution is 5.71. The lowest BCUT2D eigenvalue weighted by molar-refractivity contribution is 0.248. The molecule has 0 radical (unpaired) electrons. The lowest BCUT2D eigenvalue weighted by atomic mass is 10.4. The molecule has 1 aromatic rings. The van der Waals surface area contributed by atoms with E-state index in [0.29, 0.717) is 6.54 Å². The predicted molar refractivity (Wildman–Crippen MR) is 35.0 cm³/mol. The SMILES string of the molecule is NC(=O)NCc1ccn[nH]1. The van der Waals surface area contributed by atoms with E-state index < -0.39 is 6.03 Å². The van der Waals surface area contributed by atoms with Gasteiger partial charge in [0.1, 0.15) is 0 Å². The summed E-state index contributed by atoms with van der Waals surface area (Å²) in [6.07, 6.45) is 1.61. The Bertz CT molecular complexity index is 205. The quantitative estimate of drug-likeness (QED) is 0.521. The van der Waals surface area contributed by atoms with Gasteiger partial charge in [-0.3, -0.25) is 5.10 Å². The molecule has 0 aromatic carbocycles. The Morgan fingerprint density at radius 2 is 2.70 bits per heavy atom. The molecule has 0 atom stereocenters. The number of nitrogens with zero attached hydrogens (tertiary/aromatic N) is 1. The molecule has 0 bridgehead atoms. The van der Waals surface area contributed by atoms with Crippen molar-refractivity contribution in [2.24, 2.45) is 5.73 Å². The summed E-state index contributed by atoms with van der Waals surface area (Å²) < 4.78 is 0. The molecule has 54 valence electrons. The normalized spacial score (nSPS) is 9.20. The van der Waals surface area contributed by atoms with Gasteiger partial charge in [0.25, 0.3) is 0 Å². The summed E-state index contributed by atoms with van der Waals surface area (Å²) in [7, 11) is 0. The number of urea groups is 1. The Kier molecular flexibility index (Phi) is 1.89. The van der Waals surface area contributed by atoms with Gasteiger partial charge in [-0.15, -0.1) is 0 Å². The van der Waals surface area contributed by atoms with Crippen molar-refractivity contribution in [2.75, 3.05) is 0 Å². The van der Waals surface area contributed by atoms with Crippen molar-refractivity contribution < 1.29 is 4.79 Å². The fourth-order valence-electron chi connectivity index (χ4n) is 0.565. The fourth-order valence-corrected chi connectivity index (χ4v) is 0.565. The van der Waals surface area contributed by atoms with E-state index in [4.69, 9.17) is 5.73 Å². The number of aromatic amines is 1. The summed E-state index contributed by atoms with van der Waals surface area (Å²) in [5, 5.41) is 8.77. The van der Waals surface area contributed by atoms with E-state index in [1.165, 1.54) is 0 Å². The molecule has 5 nitrogen and oxygen atoms in total. The fraction of sp³-hybridized carbons (Fsp3) is 0.200. The second kappa shape index (κ2) is 2.86. The highest BCUT2D eigenvalue weighted by Crippen LogP contribution is 1.88. The Labute approximate surface area is 57.6 Å².